The van der Waals surface area contributed by atoms with E-state index in [0.29, 0.717) is 17.5 Å². The number of rotatable bonds is 6. The molecule has 0 saturated carbocycles. The maximum atomic E-state index is 6.67. The minimum Gasteiger partial charge on any atom is -0.456 e. The Bertz CT molecular complexity index is 2980. The van der Waals surface area contributed by atoms with Crippen LogP contribution in [0.2, 0.25) is 0 Å². The fourth-order valence-corrected chi connectivity index (χ4v) is 8.84. The van der Waals surface area contributed by atoms with Gasteiger partial charge in [-0.05, 0) is 62.7 Å². The third kappa shape index (κ3) is 4.89. The second-order valence-corrected chi connectivity index (χ2v) is 14.3. The Kier molecular flexibility index (Phi) is 7.36. The zero-order valence-electron chi connectivity index (χ0n) is 30.3. The Morgan fingerprint density at radius 1 is 0.339 bits per heavy atom. The van der Waals surface area contributed by atoms with Gasteiger partial charge in [0.1, 0.15) is 11.2 Å². The molecule has 2 aromatic heterocycles. The molecule has 0 unspecified atom stereocenters. The van der Waals surface area contributed by atoms with Crippen molar-refractivity contribution >= 4 is 21.9 Å². The molecule has 4 nitrogen and oxygen atoms in total. The van der Waals surface area contributed by atoms with Gasteiger partial charge >= 0.3 is 0 Å². The number of hydrogen-bond acceptors (Lipinski definition) is 4. The minimum absolute atomic E-state index is 0.522. The quantitative estimate of drug-likeness (QED) is 0.172. The topological polar surface area (TPSA) is 51.8 Å². The van der Waals surface area contributed by atoms with Crippen molar-refractivity contribution in [2.24, 2.45) is 0 Å². The van der Waals surface area contributed by atoms with E-state index in [9.17, 15) is 0 Å². The SMILES string of the molecule is c1ccc(-c2nc(-c3ccccc3)nc(-c3ccccc3-c3cccc4oc5ccc(C6(c7ccccc7)c7ccccc7-c7ccccc76)cc5c34)n2)cc1. The Hall–Kier alpha value is -7.43. The fraction of sp³-hybridized carbons (Fsp3) is 0.0192. The summed E-state index contributed by atoms with van der Waals surface area (Å²) < 4.78 is 6.67. The van der Waals surface area contributed by atoms with Crippen molar-refractivity contribution in [1.29, 1.82) is 0 Å². The molecule has 0 fully saturated rings. The molecule has 0 atom stereocenters. The summed E-state index contributed by atoms with van der Waals surface area (Å²) in [5.74, 6) is 1.87. The van der Waals surface area contributed by atoms with Crippen molar-refractivity contribution in [2.45, 2.75) is 5.41 Å². The Morgan fingerprint density at radius 3 is 1.46 bits per heavy atom. The highest BCUT2D eigenvalue weighted by Gasteiger charge is 2.46. The van der Waals surface area contributed by atoms with Gasteiger partial charge in [0.25, 0.3) is 0 Å². The molecule has 0 aliphatic heterocycles. The van der Waals surface area contributed by atoms with Crippen molar-refractivity contribution in [3.05, 3.63) is 222 Å². The van der Waals surface area contributed by atoms with Crippen LogP contribution in [-0.2, 0) is 5.41 Å². The molecule has 0 amide bonds. The van der Waals surface area contributed by atoms with Crippen molar-refractivity contribution in [2.75, 3.05) is 0 Å². The van der Waals surface area contributed by atoms with Crippen LogP contribution in [0, 0.1) is 0 Å². The smallest absolute Gasteiger partial charge is 0.164 e. The lowest BCUT2D eigenvalue weighted by molar-refractivity contribution is 0.668. The van der Waals surface area contributed by atoms with Crippen LogP contribution in [0.1, 0.15) is 22.3 Å². The molecule has 2 heterocycles. The van der Waals surface area contributed by atoms with E-state index in [2.05, 4.69) is 140 Å². The van der Waals surface area contributed by atoms with Crippen molar-refractivity contribution < 1.29 is 4.42 Å². The molecular weight excluding hydrogens is 683 g/mol. The first-order chi connectivity index (χ1) is 27.8. The largest absolute Gasteiger partial charge is 0.456 e. The number of nitrogens with zero attached hydrogens (tertiary/aromatic N) is 3. The Balaban J connectivity index is 1.16. The molecule has 4 heteroatoms. The van der Waals surface area contributed by atoms with Gasteiger partial charge in [-0.25, -0.2) is 15.0 Å². The molecule has 0 radical (unpaired) electrons. The van der Waals surface area contributed by atoms with Crippen LogP contribution >= 0.6 is 0 Å². The van der Waals surface area contributed by atoms with Gasteiger partial charge in [0.15, 0.2) is 17.5 Å². The van der Waals surface area contributed by atoms with Crippen LogP contribution in [0.4, 0.5) is 0 Å². The van der Waals surface area contributed by atoms with Crippen molar-refractivity contribution in [3.63, 3.8) is 0 Å². The molecule has 8 aromatic carbocycles. The van der Waals surface area contributed by atoms with Gasteiger partial charge in [-0.15, -0.1) is 0 Å². The van der Waals surface area contributed by atoms with Gasteiger partial charge in [0, 0.05) is 27.5 Å². The number of fused-ring (bicyclic) bond motifs is 6. The van der Waals surface area contributed by atoms with Crippen LogP contribution < -0.4 is 0 Å². The molecule has 0 saturated heterocycles. The molecule has 10 aromatic rings. The van der Waals surface area contributed by atoms with Gasteiger partial charge in [-0.2, -0.15) is 0 Å². The Labute approximate surface area is 324 Å². The summed E-state index contributed by atoms with van der Waals surface area (Å²) in [6.45, 7) is 0. The van der Waals surface area contributed by atoms with E-state index < -0.39 is 5.41 Å². The summed E-state index contributed by atoms with van der Waals surface area (Å²) in [5.41, 5.74) is 13.5. The highest BCUT2D eigenvalue weighted by Crippen LogP contribution is 2.56. The minimum atomic E-state index is -0.522. The Morgan fingerprint density at radius 2 is 0.839 bits per heavy atom. The van der Waals surface area contributed by atoms with E-state index in [4.69, 9.17) is 19.4 Å². The van der Waals surface area contributed by atoms with Gasteiger partial charge in [-0.1, -0.05) is 182 Å². The zero-order chi connectivity index (χ0) is 37.1. The summed E-state index contributed by atoms with van der Waals surface area (Å²) in [6, 6.07) is 70.4. The third-order valence-electron chi connectivity index (χ3n) is 11.2. The van der Waals surface area contributed by atoms with Gasteiger partial charge in [0.05, 0.1) is 5.41 Å². The number of furan rings is 1. The fourth-order valence-electron chi connectivity index (χ4n) is 8.84. The lowest BCUT2D eigenvalue weighted by atomic mass is 9.67. The molecule has 11 rings (SSSR count). The summed E-state index contributed by atoms with van der Waals surface area (Å²) in [6.07, 6.45) is 0. The monoisotopic (exact) mass is 715 g/mol. The molecular formula is C52H33N3O. The molecule has 0 bridgehead atoms. The molecule has 56 heavy (non-hydrogen) atoms. The standard InChI is InChI=1S/C52H33N3O/c1-4-17-34(18-5-1)49-53-50(35-19-6-2-7-20-35)55-51(54-49)42-26-11-10-23-38(42)41-27-16-30-47-48(41)43-33-37(31-32-46(43)56-47)52(36-21-8-3-9-22-36)44-28-14-12-24-39(44)40-25-13-15-29-45(40)52/h1-33H. The first kappa shape index (κ1) is 32.0. The molecule has 1 aliphatic carbocycles. The molecule has 1 aliphatic rings. The van der Waals surface area contributed by atoms with Gasteiger partial charge < -0.3 is 4.42 Å². The summed E-state index contributed by atoms with van der Waals surface area (Å²) in [7, 11) is 0. The highest BCUT2D eigenvalue weighted by atomic mass is 16.3. The van der Waals surface area contributed by atoms with Crippen LogP contribution in [0.25, 0.3) is 78.4 Å². The van der Waals surface area contributed by atoms with Crippen molar-refractivity contribution in [1.82, 2.24) is 15.0 Å². The predicted molar refractivity (Wildman–Crippen MR) is 226 cm³/mol. The van der Waals surface area contributed by atoms with E-state index >= 15 is 0 Å². The first-order valence-electron chi connectivity index (χ1n) is 18.9. The van der Waals surface area contributed by atoms with E-state index in [1.54, 1.807) is 0 Å². The number of aromatic nitrogens is 3. The number of benzene rings is 8. The van der Waals surface area contributed by atoms with Crippen molar-refractivity contribution in [3.8, 4) is 56.4 Å². The molecule has 0 N–H and O–H groups in total. The van der Waals surface area contributed by atoms with Crippen LogP contribution in [0.3, 0.4) is 0 Å². The van der Waals surface area contributed by atoms with Crippen LogP contribution in [0.15, 0.2) is 205 Å². The van der Waals surface area contributed by atoms with Gasteiger partial charge in [-0.3, -0.25) is 0 Å². The van der Waals surface area contributed by atoms with E-state index in [1.165, 1.54) is 33.4 Å². The third-order valence-corrected chi connectivity index (χ3v) is 11.2. The van der Waals surface area contributed by atoms with E-state index in [0.717, 1.165) is 49.8 Å². The summed E-state index contributed by atoms with van der Waals surface area (Å²) in [5, 5.41) is 2.12. The van der Waals surface area contributed by atoms with Crippen LogP contribution in [-0.4, -0.2) is 15.0 Å². The second-order valence-electron chi connectivity index (χ2n) is 14.3. The lowest BCUT2D eigenvalue weighted by Gasteiger charge is -2.33. The maximum absolute atomic E-state index is 6.67. The number of hydrogen-bond donors (Lipinski definition) is 0. The molecule has 0 spiro atoms. The summed E-state index contributed by atoms with van der Waals surface area (Å²) in [4.78, 5) is 15.2. The van der Waals surface area contributed by atoms with Gasteiger partial charge in [0.2, 0.25) is 0 Å². The summed E-state index contributed by atoms with van der Waals surface area (Å²) >= 11 is 0. The highest BCUT2D eigenvalue weighted by molar-refractivity contribution is 6.14. The zero-order valence-corrected chi connectivity index (χ0v) is 30.3. The van der Waals surface area contributed by atoms with E-state index in [1.807, 2.05) is 60.7 Å². The maximum Gasteiger partial charge on any atom is 0.164 e. The average Bonchev–Trinajstić information content (AvgIpc) is 3.81. The average molecular weight is 716 g/mol. The lowest BCUT2D eigenvalue weighted by Crippen LogP contribution is -2.28. The van der Waals surface area contributed by atoms with E-state index in [-0.39, 0.29) is 0 Å². The molecule has 262 valence electrons. The predicted octanol–water partition coefficient (Wildman–Crippen LogP) is 12.8. The first-order valence-corrected chi connectivity index (χ1v) is 18.9. The van der Waals surface area contributed by atoms with Crippen LogP contribution in [0.5, 0.6) is 0 Å². The normalized spacial score (nSPS) is 12.8. The second kappa shape index (κ2) is 12.9.